The number of fused-ring (bicyclic) bond motifs is 1. The Morgan fingerprint density at radius 2 is 1.57 bits per heavy atom. The van der Waals surface area contributed by atoms with Crippen molar-refractivity contribution in [3.05, 3.63) is 36.0 Å². The zero-order valence-electron chi connectivity index (χ0n) is 48.1. The van der Waals surface area contributed by atoms with E-state index in [1.165, 1.54) is 5.06 Å². The zero-order valence-corrected chi connectivity index (χ0v) is 48.1. The van der Waals surface area contributed by atoms with Crippen LogP contribution in [0.3, 0.4) is 0 Å². The molecular weight excluding hydrogens is 987 g/mol. The summed E-state index contributed by atoms with van der Waals surface area (Å²) in [5.41, 5.74) is 7.36. The van der Waals surface area contributed by atoms with Gasteiger partial charge in [-0.3, -0.25) is 53.5 Å². The maximum absolute atomic E-state index is 14.7. The summed E-state index contributed by atoms with van der Waals surface area (Å²) in [6, 6.07) is 3.84. The van der Waals surface area contributed by atoms with E-state index in [-0.39, 0.29) is 54.2 Å². The van der Waals surface area contributed by atoms with Crippen LogP contribution in [0.5, 0.6) is 0 Å². The number of hydrogen-bond acceptors (Lipinski definition) is 13. The summed E-state index contributed by atoms with van der Waals surface area (Å²) >= 11 is 0. The topological polar surface area (TPSA) is 258 Å². The molecule has 3 heterocycles. The predicted molar refractivity (Wildman–Crippen MR) is 296 cm³/mol. The number of para-hydroxylation sites is 1. The lowest BCUT2D eigenvalue weighted by atomic mass is 9.87. The number of benzene rings is 1. The molecule has 0 aliphatic carbocycles. The lowest BCUT2D eigenvalue weighted by Crippen LogP contribution is -2.60. The number of hydrogen-bond donors (Lipinski definition) is 6. The van der Waals surface area contributed by atoms with Crippen LogP contribution in [0, 0.1) is 23.7 Å². The second-order valence-corrected chi connectivity index (χ2v) is 22.2. The molecule has 0 bridgehead atoms. The Hall–Kier alpha value is -4.99. The Balaban J connectivity index is 1.39. The molecule has 20 nitrogen and oxygen atoms in total. The number of aromatic amines is 1. The fourth-order valence-corrected chi connectivity index (χ4v) is 11.5. The molecule has 0 unspecified atom stereocenters. The highest BCUT2D eigenvalue weighted by molar-refractivity contribution is 6.00. The minimum absolute atomic E-state index is 0.00239. The molecule has 1 aromatic heterocycles. The van der Waals surface area contributed by atoms with E-state index in [9.17, 15) is 33.6 Å². The number of imide groups is 1. The van der Waals surface area contributed by atoms with Crippen molar-refractivity contribution >= 4 is 52.3 Å². The van der Waals surface area contributed by atoms with Gasteiger partial charge in [-0.1, -0.05) is 79.5 Å². The van der Waals surface area contributed by atoms with Crippen molar-refractivity contribution in [2.75, 3.05) is 61.1 Å². The third kappa shape index (κ3) is 18.6. The molecule has 0 spiro atoms. The van der Waals surface area contributed by atoms with Gasteiger partial charge in [0, 0.05) is 69.8 Å². The first-order valence-electron chi connectivity index (χ1n) is 28.3. The smallest absolute Gasteiger partial charge is 0.320 e. The van der Waals surface area contributed by atoms with E-state index in [2.05, 4.69) is 34.8 Å². The summed E-state index contributed by atoms with van der Waals surface area (Å²) < 4.78 is 12.3. The van der Waals surface area contributed by atoms with E-state index in [1.54, 1.807) is 26.0 Å². The van der Waals surface area contributed by atoms with Crippen LogP contribution in [0.4, 0.5) is 0 Å². The van der Waals surface area contributed by atoms with Crippen molar-refractivity contribution < 1.29 is 53.0 Å². The maximum Gasteiger partial charge on any atom is 0.320 e. The first-order valence-corrected chi connectivity index (χ1v) is 28.3. The number of methoxy groups -OCH3 is 2. The second-order valence-electron chi connectivity index (χ2n) is 22.2. The first kappa shape index (κ1) is 64.5. The number of nitrogens with one attached hydrogen (secondary N) is 4. The molecule has 2 fully saturated rings. The standard InChI is InChI=1S/C57H95N9O11/c1-12-38(6)51(64(9)50(37(4)5)55(71)62-54(70)49(36(2)3)63(8)29-19-13-14-27-47(67)59-28-18-17-24-42(58)57(73)74)46(75-10)34-48(68)65-30-22-26-45(65)52(76-11)39(7)53(69)61-44(56(72)66-31-20-21-32-77-66)33-40-35-60-43-25-16-15-23-41(40)43/h15-16,23,25,35-39,42,44-46,49-52,60H,12-14,17-22,24,26-34,58H2,1-11H3,(H,59,67)(H,61,69)(H,73,74)(H,62,70,71)/t38-,39+,42-,44-,45-,46+,49-,50-,51-,52+/m0/s1. The maximum atomic E-state index is 14.7. The highest BCUT2D eigenvalue weighted by atomic mass is 16.7. The van der Waals surface area contributed by atoms with Gasteiger partial charge in [-0.05, 0) is 108 Å². The molecular formula is C57H95N9O11. The Bertz CT molecular complexity index is 2200. The van der Waals surface area contributed by atoms with Gasteiger partial charge in [0.15, 0.2) is 0 Å². The molecule has 6 amide bonds. The predicted octanol–water partition coefficient (Wildman–Crippen LogP) is 5.03. The Morgan fingerprint density at radius 1 is 0.870 bits per heavy atom. The molecule has 7 N–H and O–H groups in total. The Morgan fingerprint density at radius 3 is 2.21 bits per heavy atom. The monoisotopic (exact) mass is 1080 g/mol. The van der Waals surface area contributed by atoms with Gasteiger partial charge in [0.1, 0.15) is 12.1 Å². The zero-order chi connectivity index (χ0) is 56.9. The van der Waals surface area contributed by atoms with Gasteiger partial charge in [-0.15, -0.1) is 0 Å². The third-order valence-corrected chi connectivity index (χ3v) is 15.9. The van der Waals surface area contributed by atoms with Crippen LogP contribution in [0.15, 0.2) is 30.5 Å². The largest absolute Gasteiger partial charge is 0.480 e. The number of carboxylic acids is 1. The molecule has 2 aliphatic heterocycles. The number of unbranched alkanes of at least 4 members (excludes halogenated alkanes) is 3. The summed E-state index contributed by atoms with van der Waals surface area (Å²) in [4.78, 5) is 110. The molecule has 0 saturated carbocycles. The number of nitrogens with two attached hydrogens (primary N) is 1. The van der Waals surface area contributed by atoms with E-state index in [1.807, 2.05) is 82.1 Å². The molecule has 20 heteroatoms. The number of hydroxylamine groups is 2. The third-order valence-electron chi connectivity index (χ3n) is 15.9. The second kappa shape index (κ2) is 32.2. The number of likely N-dealkylation sites (N-methyl/N-ethyl adjacent to an activating group) is 2. The van der Waals surface area contributed by atoms with E-state index < -0.39 is 72.2 Å². The van der Waals surface area contributed by atoms with Crippen LogP contribution in [0.1, 0.15) is 138 Å². The number of likely N-dealkylation sites (tertiary alicyclic amines) is 1. The first-order chi connectivity index (χ1) is 36.7. The van der Waals surface area contributed by atoms with Crippen molar-refractivity contribution in [1.82, 2.24) is 40.7 Å². The van der Waals surface area contributed by atoms with Crippen LogP contribution >= 0.6 is 0 Å². The summed E-state index contributed by atoms with van der Waals surface area (Å²) in [6.07, 6.45) is 8.65. The van der Waals surface area contributed by atoms with Crippen molar-refractivity contribution in [2.24, 2.45) is 29.4 Å². The fourth-order valence-electron chi connectivity index (χ4n) is 11.5. The van der Waals surface area contributed by atoms with Crippen LogP contribution in [-0.2, 0) is 54.3 Å². The van der Waals surface area contributed by atoms with Crippen LogP contribution in [-0.4, -0.2) is 181 Å². The minimum atomic E-state index is -1.03. The summed E-state index contributed by atoms with van der Waals surface area (Å²) in [5.74, 6) is -3.88. The SMILES string of the molecule is CC[C@H](C)[C@@H]([C@@H](CC(=O)N1CCC[C@H]1[C@H](OC)[C@@H](C)C(=O)N[C@@H](Cc1c[nH]c2ccccc12)C(=O)N1CCCCO1)OC)N(C)[C@H](C(=O)NC(=O)[C@H](C(C)C)N(C)CCCCCC(=O)NCCCC[C@H](N)C(=O)O)C(C)C. The van der Waals surface area contributed by atoms with Gasteiger partial charge in [0.2, 0.25) is 29.5 Å². The summed E-state index contributed by atoms with van der Waals surface area (Å²) in [5, 5.41) is 20.0. The van der Waals surface area contributed by atoms with Gasteiger partial charge in [0.25, 0.3) is 5.91 Å². The Labute approximate surface area is 457 Å². The minimum Gasteiger partial charge on any atom is -0.480 e. The number of H-pyrrole nitrogens is 1. The highest BCUT2D eigenvalue weighted by Gasteiger charge is 2.44. The number of carbonyl (C=O) groups is 7. The van der Waals surface area contributed by atoms with Crippen molar-refractivity contribution in [3.63, 3.8) is 0 Å². The number of aromatic nitrogens is 1. The van der Waals surface area contributed by atoms with Gasteiger partial charge >= 0.3 is 5.97 Å². The van der Waals surface area contributed by atoms with Gasteiger partial charge in [0.05, 0.1) is 49.3 Å². The number of carboxylic acid groups (broad SMARTS) is 1. The van der Waals surface area contributed by atoms with E-state index in [4.69, 9.17) is 25.2 Å². The number of carbonyl (C=O) groups excluding carboxylic acids is 6. The number of ether oxygens (including phenoxy) is 2. The quantitative estimate of drug-likeness (QED) is 0.0513. The lowest BCUT2D eigenvalue weighted by molar-refractivity contribution is -0.199. The van der Waals surface area contributed by atoms with Crippen molar-refractivity contribution in [3.8, 4) is 0 Å². The molecule has 0 radical (unpaired) electrons. The Kier molecular flexibility index (Phi) is 27.0. The number of amides is 6. The molecule has 77 heavy (non-hydrogen) atoms. The van der Waals surface area contributed by atoms with E-state index in [0.717, 1.165) is 48.6 Å². The average Bonchev–Trinajstić information content (AvgIpc) is 4.06. The van der Waals surface area contributed by atoms with Crippen LogP contribution in [0.25, 0.3) is 10.9 Å². The van der Waals surface area contributed by atoms with Crippen LogP contribution in [0.2, 0.25) is 0 Å². The molecule has 10 atom stereocenters. The summed E-state index contributed by atoms with van der Waals surface area (Å²) in [7, 11) is 6.86. The fraction of sp³-hybridized carbons (Fsp3) is 0.737. The normalized spacial score (nSPS) is 18.7. The molecule has 1 aromatic carbocycles. The van der Waals surface area contributed by atoms with Gasteiger partial charge in [-0.25, -0.2) is 5.06 Å². The number of rotatable bonds is 33. The van der Waals surface area contributed by atoms with Crippen molar-refractivity contribution in [2.45, 2.75) is 187 Å². The van der Waals surface area contributed by atoms with Crippen molar-refractivity contribution in [1.29, 1.82) is 0 Å². The number of nitrogens with zero attached hydrogens (tertiary/aromatic N) is 4. The van der Waals surface area contributed by atoms with E-state index >= 15 is 0 Å². The van der Waals surface area contributed by atoms with E-state index in [0.29, 0.717) is 77.7 Å². The van der Waals surface area contributed by atoms with Gasteiger partial charge < -0.3 is 40.8 Å². The molecule has 4 rings (SSSR count). The molecule has 2 aromatic rings. The lowest BCUT2D eigenvalue weighted by Gasteiger charge is -2.43. The number of aliphatic carboxylic acids is 1. The molecule has 434 valence electrons. The average molecular weight is 1080 g/mol. The van der Waals surface area contributed by atoms with Gasteiger partial charge in [-0.2, -0.15) is 0 Å². The summed E-state index contributed by atoms with van der Waals surface area (Å²) in [6.45, 7) is 16.0. The van der Waals surface area contributed by atoms with Crippen LogP contribution < -0.4 is 21.7 Å². The molecule has 2 aliphatic rings. The molecule has 2 saturated heterocycles. The highest BCUT2D eigenvalue weighted by Crippen LogP contribution is 2.31.